The first-order valence-electron chi connectivity index (χ1n) is 8.43. The van der Waals surface area contributed by atoms with Crippen LogP contribution in [0.3, 0.4) is 0 Å². The highest BCUT2D eigenvalue weighted by Crippen LogP contribution is 2.35. The van der Waals surface area contributed by atoms with E-state index in [-0.39, 0.29) is 21.6 Å². The van der Waals surface area contributed by atoms with Gasteiger partial charge in [0.25, 0.3) is 21.0 Å². The Hall–Kier alpha value is -2.97. The fourth-order valence-corrected chi connectivity index (χ4v) is 4.18. The van der Waals surface area contributed by atoms with Crippen LogP contribution >= 0.6 is 11.6 Å². The Labute approximate surface area is 167 Å². The second kappa shape index (κ2) is 6.88. The van der Waals surface area contributed by atoms with E-state index in [0.717, 1.165) is 17.0 Å². The van der Waals surface area contributed by atoms with Crippen molar-refractivity contribution in [3.05, 3.63) is 71.0 Å². The topological polar surface area (TPSA) is 89.3 Å². The maximum Gasteiger partial charge on any atom is 0.299 e. The Bertz CT molecular complexity index is 1290. The number of aromatic nitrogens is 4. The summed E-state index contributed by atoms with van der Waals surface area (Å²) in [6, 6.07) is 16.4. The molecule has 28 heavy (non-hydrogen) atoms. The molecule has 2 aromatic heterocycles. The highest BCUT2D eigenvalue weighted by molar-refractivity contribution is 7.92. The fourth-order valence-electron chi connectivity index (χ4n) is 2.93. The third-order valence-corrected chi connectivity index (χ3v) is 5.62. The number of sulfonamides is 1. The molecule has 0 bridgehead atoms. The SMILES string of the molecule is Cc1cc(C)n2nc(S(=O)(=O)Nc3c(Cl)cccc3-c3ccccc3)nc2n1. The minimum atomic E-state index is -4.08. The first kappa shape index (κ1) is 18.4. The van der Waals surface area contributed by atoms with E-state index in [1.54, 1.807) is 24.3 Å². The molecule has 2 aromatic carbocycles. The number of nitrogens with zero attached hydrogens (tertiary/aromatic N) is 4. The molecular weight excluding hydrogens is 398 g/mol. The average molecular weight is 414 g/mol. The molecule has 0 atom stereocenters. The number of nitrogens with one attached hydrogen (secondary N) is 1. The fraction of sp³-hybridized carbons (Fsp3) is 0.105. The van der Waals surface area contributed by atoms with Crippen molar-refractivity contribution in [1.82, 2.24) is 19.6 Å². The highest BCUT2D eigenvalue weighted by Gasteiger charge is 2.24. The van der Waals surface area contributed by atoms with Crippen molar-refractivity contribution in [2.75, 3.05) is 4.72 Å². The molecule has 1 N–H and O–H groups in total. The number of aryl methyl sites for hydroxylation is 2. The molecule has 0 spiro atoms. The molecule has 0 saturated carbocycles. The van der Waals surface area contributed by atoms with Crippen LogP contribution in [0.5, 0.6) is 0 Å². The van der Waals surface area contributed by atoms with E-state index in [0.29, 0.717) is 5.56 Å². The minimum Gasteiger partial charge on any atom is -0.275 e. The summed E-state index contributed by atoms with van der Waals surface area (Å²) < 4.78 is 29.9. The van der Waals surface area contributed by atoms with E-state index < -0.39 is 10.0 Å². The summed E-state index contributed by atoms with van der Waals surface area (Å²) >= 11 is 6.31. The lowest BCUT2D eigenvalue weighted by Gasteiger charge is -2.13. The van der Waals surface area contributed by atoms with Gasteiger partial charge in [-0.25, -0.2) is 9.50 Å². The summed E-state index contributed by atoms with van der Waals surface area (Å²) in [6.45, 7) is 3.62. The van der Waals surface area contributed by atoms with E-state index in [1.165, 1.54) is 4.52 Å². The summed E-state index contributed by atoms with van der Waals surface area (Å²) in [5, 5.41) is 4.01. The summed E-state index contributed by atoms with van der Waals surface area (Å²) in [4.78, 5) is 8.31. The first-order chi connectivity index (χ1) is 13.3. The molecule has 0 unspecified atom stereocenters. The molecule has 0 aliphatic rings. The van der Waals surface area contributed by atoms with Gasteiger partial charge in [0.15, 0.2) is 0 Å². The predicted octanol–water partition coefficient (Wildman–Crippen LogP) is 3.86. The maximum absolute atomic E-state index is 13.0. The van der Waals surface area contributed by atoms with Crippen molar-refractivity contribution in [3.63, 3.8) is 0 Å². The molecule has 0 aliphatic carbocycles. The van der Waals surface area contributed by atoms with Crippen LogP contribution in [-0.4, -0.2) is 28.0 Å². The lowest BCUT2D eigenvalue weighted by molar-refractivity contribution is 0.592. The Kier molecular flexibility index (Phi) is 4.52. The monoisotopic (exact) mass is 413 g/mol. The number of para-hydroxylation sites is 1. The van der Waals surface area contributed by atoms with Crippen LogP contribution in [-0.2, 0) is 10.0 Å². The smallest absolute Gasteiger partial charge is 0.275 e. The van der Waals surface area contributed by atoms with Crippen molar-refractivity contribution < 1.29 is 8.42 Å². The largest absolute Gasteiger partial charge is 0.299 e. The zero-order valence-electron chi connectivity index (χ0n) is 15.1. The minimum absolute atomic E-state index is 0.223. The van der Waals surface area contributed by atoms with Crippen LogP contribution in [0.1, 0.15) is 11.4 Å². The third kappa shape index (κ3) is 3.32. The second-order valence-corrected chi connectivity index (χ2v) is 8.26. The number of halogens is 1. The molecule has 4 aromatic rings. The van der Waals surface area contributed by atoms with Gasteiger partial charge in [-0.15, -0.1) is 5.10 Å². The zero-order chi connectivity index (χ0) is 19.9. The quantitative estimate of drug-likeness (QED) is 0.548. The summed E-state index contributed by atoms with van der Waals surface area (Å²) in [5.74, 6) is 0.223. The van der Waals surface area contributed by atoms with E-state index >= 15 is 0 Å². The Balaban J connectivity index is 1.80. The van der Waals surface area contributed by atoms with Crippen LogP contribution in [0.15, 0.2) is 59.8 Å². The molecule has 0 saturated heterocycles. The van der Waals surface area contributed by atoms with Crippen molar-refractivity contribution in [2.24, 2.45) is 0 Å². The Morgan fingerprint density at radius 3 is 2.50 bits per heavy atom. The number of fused-ring (bicyclic) bond motifs is 1. The second-order valence-electron chi connectivity index (χ2n) is 6.28. The van der Waals surface area contributed by atoms with Gasteiger partial charge < -0.3 is 0 Å². The highest BCUT2D eigenvalue weighted by atomic mass is 35.5. The third-order valence-electron chi connectivity index (χ3n) is 4.17. The number of hydrogen-bond acceptors (Lipinski definition) is 5. The van der Waals surface area contributed by atoms with Crippen LogP contribution in [0.2, 0.25) is 5.02 Å². The van der Waals surface area contributed by atoms with E-state index in [1.807, 2.05) is 44.2 Å². The first-order valence-corrected chi connectivity index (χ1v) is 10.3. The van der Waals surface area contributed by atoms with Gasteiger partial charge >= 0.3 is 0 Å². The van der Waals surface area contributed by atoms with Crippen molar-refractivity contribution in [1.29, 1.82) is 0 Å². The number of rotatable bonds is 4. The normalized spacial score (nSPS) is 11.7. The molecular formula is C19H16ClN5O2S. The summed E-state index contributed by atoms with van der Waals surface area (Å²) in [6.07, 6.45) is 0. The predicted molar refractivity (Wildman–Crippen MR) is 108 cm³/mol. The van der Waals surface area contributed by atoms with Gasteiger partial charge in [-0.05, 0) is 31.5 Å². The molecule has 9 heteroatoms. The lowest BCUT2D eigenvalue weighted by Crippen LogP contribution is -2.16. The van der Waals surface area contributed by atoms with Gasteiger partial charge in [-0.3, -0.25) is 4.72 Å². The lowest BCUT2D eigenvalue weighted by atomic mass is 10.0. The zero-order valence-corrected chi connectivity index (χ0v) is 16.7. The summed E-state index contributed by atoms with van der Waals surface area (Å²) in [5.41, 5.74) is 3.23. The Morgan fingerprint density at radius 2 is 1.75 bits per heavy atom. The molecule has 4 rings (SSSR count). The van der Waals surface area contributed by atoms with Crippen molar-refractivity contribution >= 4 is 33.1 Å². The molecule has 0 fully saturated rings. The molecule has 0 radical (unpaired) electrons. The van der Waals surface area contributed by atoms with Crippen LogP contribution in [0, 0.1) is 13.8 Å². The van der Waals surface area contributed by atoms with Crippen molar-refractivity contribution in [3.8, 4) is 11.1 Å². The number of anilines is 1. The van der Waals surface area contributed by atoms with Crippen molar-refractivity contribution in [2.45, 2.75) is 19.0 Å². The average Bonchev–Trinajstić information content (AvgIpc) is 3.09. The van der Waals surface area contributed by atoms with Gasteiger partial charge in [0.2, 0.25) is 0 Å². The molecule has 0 aliphatic heterocycles. The molecule has 2 heterocycles. The maximum atomic E-state index is 13.0. The van der Waals surface area contributed by atoms with Crippen LogP contribution < -0.4 is 4.72 Å². The van der Waals surface area contributed by atoms with Crippen LogP contribution in [0.25, 0.3) is 16.9 Å². The number of benzene rings is 2. The molecule has 142 valence electrons. The number of hydrogen-bond donors (Lipinski definition) is 1. The van der Waals surface area contributed by atoms with E-state index in [2.05, 4.69) is 19.8 Å². The molecule has 7 nitrogen and oxygen atoms in total. The van der Waals surface area contributed by atoms with Gasteiger partial charge in [-0.2, -0.15) is 13.4 Å². The summed E-state index contributed by atoms with van der Waals surface area (Å²) in [7, 11) is -4.08. The van der Waals surface area contributed by atoms with E-state index in [4.69, 9.17) is 11.6 Å². The van der Waals surface area contributed by atoms with Crippen LogP contribution in [0.4, 0.5) is 5.69 Å². The van der Waals surface area contributed by atoms with Gasteiger partial charge in [0, 0.05) is 17.0 Å². The van der Waals surface area contributed by atoms with Gasteiger partial charge in [0.05, 0.1) is 10.7 Å². The van der Waals surface area contributed by atoms with Gasteiger partial charge in [0.1, 0.15) is 0 Å². The van der Waals surface area contributed by atoms with Gasteiger partial charge in [-0.1, -0.05) is 54.1 Å². The molecule has 0 amide bonds. The van der Waals surface area contributed by atoms with E-state index in [9.17, 15) is 8.42 Å². The standard InChI is InChI=1S/C19H16ClN5O2S/c1-12-11-13(2)25-18(21-12)22-19(23-25)28(26,27)24-17-15(9-6-10-16(17)20)14-7-4-3-5-8-14/h3-11,24H,1-2H3. The Morgan fingerprint density at radius 1 is 1.00 bits per heavy atom.